The smallest absolute Gasteiger partial charge is 0.338 e. The number of aromatic amines is 1. The first-order valence-corrected chi connectivity index (χ1v) is 12.8. The number of nitrogens with zero attached hydrogens (tertiary/aromatic N) is 4. The number of benzene rings is 1. The second kappa shape index (κ2) is 10.4. The number of carbonyl (C=O) groups is 2. The van der Waals surface area contributed by atoms with Crippen LogP contribution in [0.3, 0.4) is 0 Å². The van der Waals surface area contributed by atoms with Crippen LogP contribution in [0.1, 0.15) is 69.7 Å². The van der Waals surface area contributed by atoms with E-state index in [4.69, 9.17) is 11.6 Å². The Balaban J connectivity index is 1.23. The third kappa shape index (κ3) is 5.70. The maximum absolute atomic E-state index is 13.5. The highest BCUT2D eigenvalue weighted by Gasteiger charge is 2.39. The van der Waals surface area contributed by atoms with Gasteiger partial charge in [0, 0.05) is 54.9 Å². The molecule has 3 aromatic rings. The molecule has 1 saturated carbocycles. The molecule has 2 aromatic heterocycles. The molecule has 5 rings (SSSR count). The van der Waals surface area contributed by atoms with Crippen molar-refractivity contribution in [3.8, 4) is 0 Å². The van der Waals surface area contributed by atoms with Crippen LogP contribution in [0.5, 0.6) is 0 Å². The third-order valence-corrected chi connectivity index (χ3v) is 7.18. The summed E-state index contributed by atoms with van der Waals surface area (Å²) in [6.07, 6.45) is 1.40. The minimum absolute atomic E-state index is 0.00651. The van der Waals surface area contributed by atoms with Gasteiger partial charge in [0.25, 0.3) is 11.8 Å². The first-order chi connectivity index (χ1) is 18.1. The van der Waals surface area contributed by atoms with Crippen LogP contribution in [-0.4, -0.2) is 62.6 Å². The van der Waals surface area contributed by atoms with Crippen LogP contribution in [0.2, 0.25) is 5.02 Å². The maximum atomic E-state index is 13.5. The minimum Gasteiger partial charge on any atom is -0.338 e. The van der Waals surface area contributed by atoms with Gasteiger partial charge in [-0.05, 0) is 50.9 Å². The molecule has 3 heterocycles. The van der Waals surface area contributed by atoms with Crippen molar-refractivity contribution in [2.24, 2.45) is 0 Å². The van der Waals surface area contributed by atoms with E-state index in [1.807, 2.05) is 7.05 Å². The molecule has 202 valence electrons. The quantitative estimate of drug-likeness (QED) is 0.408. The van der Waals surface area contributed by atoms with Crippen molar-refractivity contribution in [1.29, 1.82) is 0 Å². The second-order valence-electron chi connectivity index (χ2n) is 9.65. The molecule has 0 unspecified atom stereocenters. The zero-order valence-corrected chi connectivity index (χ0v) is 21.4. The molecule has 1 aliphatic carbocycles. The highest BCUT2D eigenvalue weighted by molar-refractivity contribution is 6.34. The maximum Gasteiger partial charge on any atom is 0.435 e. The average molecular weight is 550 g/mol. The number of hydrogen-bond acceptors (Lipinski definition) is 5. The van der Waals surface area contributed by atoms with E-state index in [1.165, 1.54) is 23.1 Å². The van der Waals surface area contributed by atoms with Gasteiger partial charge < -0.3 is 20.5 Å². The first-order valence-electron chi connectivity index (χ1n) is 12.4. The lowest BCUT2D eigenvalue weighted by atomic mass is 10.0. The van der Waals surface area contributed by atoms with Crippen molar-refractivity contribution in [2.75, 3.05) is 25.5 Å². The van der Waals surface area contributed by atoms with E-state index in [9.17, 15) is 22.8 Å². The summed E-state index contributed by atoms with van der Waals surface area (Å²) in [5, 5.41) is 9.82. The van der Waals surface area contributed by atoms with Gasteiger partial charge in [-0.1, -0.05) is 11.6 Å². The summed E-state index contributed by atoms with van der Waals surface area (Å²) >= 11 is 6.37. The molecular weight excluding hydrogens is 523 g/mol. The van der Waals surface area contributed by atoms with Crippen molar-refractivity contribution in [3.05, 3.63) is 64.0 Å². The van der Waals surface area contributed by atoms with Gasteiger partial charge in [-0.3, -0.25) is 14.3 Å². The molecule has 38 heavy (non-hydrogen) atoms. The monoisotopic (exact) mass is 549 g/mol. The van der Waals surface area contributed by atoms with Crippen molar-refractivity contribution >= 4 is 29.1 Å². The Labute approximate surface area is 221 Å². The Morgan fingerprint density at radius 3 is 2.55 bits per heavy atom. The number of alkyl halides is 3. The number of hydrogen-bond donors (Lipinski definition) is 3. The van der Waals surface area contributed by atoms with Gasteiger partial charge in [-0.25, -0.2) is 4.98 Å². The molecular formula is C25H27ClF3N7O2. The van der Waals surface area contributed by atoms with Crippen LogP contribution in [0, 0.1) is 0 Å². The van der Waals surface area contributed by atoms with Gasteiger partial charge in [-0.2, -0.15) is 18.3 Å². The van der Waals surface area contributed by atoms with E-state index in [2.05, 4.69) is 25.7 Å². The summed E-state index contributed by atoms with van der Waals surface area (Å²) < 4.78 is 41.8. The molecule has 3 N–H and O–H groups in total. The fraction of sp³-hybridized carbons (Fsp3) is 0.440. The number of piperidine rings is 1. The summed E-state index contributed by atoms with van der Waals surface area (Å²) in [4.78, 5) is 34.2. The number of H-pyrrole nitrogens is 1. The van der Waals surface area contributed by atoms with Gasteiger partial charge in [0.15, 0.2) is 11.5 Å². The summed E-state index contributed by atoms with van der Waals surface area (Å²) in [6, 6.07) is 5.02. The van der Waals surface area contributed by atoms with Crippen LogP contribution in [0.4, 0.5) is 18.9 Å². The van der Waals surface area contributed by atoms with E-state index in [-0.39, 0.29) is 34.8 Å². The molecule has 0 bridgehead atoms. The van der Waals surface area contributed by atoms with Gasteiger partial charge in [0.05, 0.1) is 16.6 Å². The minimum atomic E-state index is -4.58. The second-order valence-corrected chi connectivity index (χ2v) is 10.1. The number of likely N-dealkylation sites (tertiary alicyclic amines) is 1. The summed E-state index contributed by atoms with van der Waals surface area (Å²) in [5.74, 6) is -0.821. The fourth-order valence-corrected chi connectivity index (χ4v) is 4.85. The topological polar surface area (TPSA) is 108 Å². The van der Waals surface area contributed by atoms with Crippen molar-refractivity contribution in [2.45, 2.75) is 50.4 Å². The predicted octanol–water partition coefficient (Wildman–Crippen LogP) is 4.28. The fourth-order valence-electron chi connectivity index (χ4n) is 4.59. The molecule has 13 heteroatoms. The van der Waals surface area contributed by atoms with Gasteiger partial charge in [-0.15, -0.1) is 0 Å². The summed E-state index contributed by atoms with van der Waals surface area (Å²) in [5.41, 5.74) is 0.133. The normalized spacial score (nSPS) is 16.6. The highest BCUT2D eigenvalue weighted by atomic mass is 35.5. The zero-order valence-electron chi connectivity index (χ0n) is 20.6. The Morgan fingerprint density at radius 2 is 1.92 bits per heavy atom. The molecule has 1 aromatic carbocycles. The number of nitrogens with one attached hydrogen (secondary N) is 3. The predicted molar refractivity (Wildman–Crippen MR) is 134 cm³/mol. The van der Waals surface area contributed by atoms with Gasteiger partial charge >= 0.3 is 6.18 Å². The number of carbonyl (C=O) groups excluding carboxylic acids is 2. The Bertz CT molecular complexity index is 1340. The van der Waals surface area contributed by atoms with Crippen LogP contribution >= 0.6 is 11.6 Å². The van der Waals surface area contributed by atoms with Crippen LogP contribution < -0.4 is 10.6 Å². The largest absolute Gasteiger partial charge is 0.435 e. The molecule has 1 saturated heterocycles. The van der Waals surface area contributed by atoms with E-state index < -0.39 is 17.8 Å². The van der Waals surface area contributed by atoms with Crippen molar-refractivity contribution < 1.29 is 22.8 Å². The highest BCUT2D eigenvalue weighted by Crippen LogP contribution is 2.38. The van der Waals surface area contributed by atoms with E-state index in [0.29, 0.717) is 36.1 Å². The molecule has 1 aliphatic heterocycles. The number of amides is 2. The third-order valence-electron chi connectivity index (χ3n) is 6.87. The van der Waals surface area contributed by atoms with Crippen molar-refractivity contribution in [1.82, 2.24) is 30.0 Å². The average Bonchev–Trinajstić information content (AvgIpc) is 3.47. The lowest BCUT2D eigenvalue weighted by Crippen LogP contribution is -2.44. The standard InChI is InChI=1S/C25H27ClF3N7O2/c1-30-15-6-8-35(9-7-15)24(38)19-5-2-16(11-20(19)26)33-23(37)22-31-12-17(32-22)10-14-13-36(18-3-4-18)34-21(14)25(27,28)29/h2,5,11-13,15,18,30H,3-4,6-10H2,1H3,(H,31,32)(H,33,37). The number of anilines is 1. The number of rotatable bonds is 7. The van der Waals surface area contributed by atoms with Crippen LogP contribution in [0.25, 0.3) is 0 Å². The first kappa shape index (κ1) is 26.2. The zero-order chi connectivity index (χ0) is 27.0. The van der Waals surface area contributed by atoms with E-state index in [0.717, 1.165) is 25.7 Å². The Morgan fingerprint density at radius 1 is 1.18 bits per heavy atom. The van der Waals surface area contributed by atoms with Crippen LogP contribution in [-0.2, 0) is 12.6 Å². The lowest BCUT2D eigenvalue weighted by Gasteiger charge is -2.32. The van der Waals surface area contributed by atoms with Crippen molar-refractivity contribution in [3.63, 3.8) is 0 Å². The number of aromatic nitrogens is 4. The molecule has 2 amide bonds. The summed E-state index contributed by atoms with van der Waals surface area (Å²) in [7, 11) is 1.91. The molecule has 2 aliphatic rings. The van der Waals surface area contributed by atoms with E-state index >= 15 is 0 Å². The molecule has 2 fully saturated rings. The lowest BCUT2D eigenvalue weighted by molar-refractivity contribution is -0.142. The molecule has 0 atom stereocenters. The summed E-state index contributed by atoms with van der Waals surface area (Å²) in [6.45, 7) is 1.26. The number of imidazole rings is 1. The SMILES string of the molecule is CNC1CCN(C(=O)c2ccc(NC(=O)c3ncc(Cc4cn(C5CC5)nc4C(F)(F)F)[nH]3)cc2Cl)CC1. The van der Waals surface area contributed by atoms with Gasteiger partial charge in [0.2, 0.25) is 0 Å². The molecule has 0 spiro atoms. The van der Waals surface area contributed by atoms with Crippen LogP contribution in [0.15, 0.2) is 30.6 Å². The Kier molecular flexibility index (Phi) is 7.19. The van der Waals surface area contributed by atoms with E-state index in [1.54, 1.807) is 17.0 Å². The van der Waals surface area contributed by atoms with Gasteiger partial charge in [0.1, 0.15) is 0 Å². The number of halogens is 4. The Hall–Kier alpha value is -3.38. The molecule has 9 nitrogen and oxygen atoms in total. The molecule has 0 radical (unpaired) electrons.